The van der Waals surface area contributed by atoms with E-state index in [1.54, 1.807) is 0 Å². The monoisotopic (exact) mass is 198 g/mol. The lowest BCUT2D eigenvalue weighted by Gasteiger charge is -2.20. The second kappa shape index (κ2) is 4.49. The first-order valence-electron chi connectivity index (χ1n) is 4.38. The van der Waals surface area contributed by atoms with Crippen molar-refractivity contribution in [3.8, 4) is 0 Å². The van der Waals surface area contributed by atoms with Gasteiger partial charge in [0.15, 0.2) is 0 Å². The summed E-state index contributed by atoms with van der Waals surface area (Å²) >= 11 is 5.87. The fourth-order valence-corrected chi connectivity index (χ4v) is 1.46. The molecule has 13 heavy (non-hydrogen) atoms. The maximum atomic E-state index is 5.87. The molecule has 0 unspecified atom stereocenters. The van der Waals surface area contributed by atoms with Gasteiger partial charge in [0, 0.05) is 30.8 Å². The number of anilines is 1. The quantitative estimate of drug-likeness (QED) is 0.808. The molecule has 0 atom stereocenters. The second-order valence-electron chi connectivity index (χ2n) is 2.99. The Morgan fingerprint density at radius 2 is 2.15 bits per heavy atom. The summed E-state index contributed by atoms with van der Waals surface area (Å²) in [4.78, 5) is 2.15. The van der Waals surface area contributed by atoms with Crippen LogP contribution < -0.4 is 10.6 Å². The van der Waals surface area contributed by atoms with E-state index in [0.29, 0.717) is 6.54 Å². The number of nitrogens with two attached hydrogens (primary N) is 1. The first kappa shape index (κ1) is 10.4. The third-order valence-electron chi connectivity index (χ3n) is 2.15. The van der Waals surface area contributed by atoms with Crippen molar-refractivity contribution in [2.45, 2.75) is 13.5 Å². The maximum absolute atomic E-state index is 5.87. The van der Waals surface area contributed by atoms with Crippen molar-refractivity contribution in [2.75, 3.05) is 18.5 Å². The molecule has 0 aliphatic carbocycles. The minimum Gasteiger partial charge on any atom is -0.375 e. The van der Waals surface area contributed by atoms with Crippen LogP contribution >= 0.6 is 11.6 Å². The second-order valence-corrected chi connectivity index (χ2v) is 3.43. The Labute approximate surface area is 84.3 Å². The topological polar surface area (TPSA) is 29.3 Å². The van der Waals surface area contributed by atoms with Gasteiger partial charge in [-0.15, -0.1) is 0 Å². The Balaban J connectivity index is 3.05. The smallest absolute Gasteiger partial charge is 0.0410 e. The molecule has 3 heteroatoms. The molecule has 0 aliphatic heterocycles. The van der Waals surface area contributed by atoms with E-state index < -0.39 is 0 Å². The zero-order valence-electron chi connectivity index (χ0n) is 8.05. The number of benzene rings is 1. The molecule has 0 saturated heterocycles. The van der Waals surface area contributed by atoms with Crippen LogP contribution in [-0.2, 0) is 6.54 Å². The summed E-state index contributed by atoms with van der Waals surface area (Å²) in [6.07, 6.45) is 0. The van der Waals surface area contributed by atoms with Gasteiger partial charge in [0.1, 0.15) is 0 Å². The van der Waals surface area contributed by atoms with Crippen LogP contribution in [0.2, 0.25) is 5.02 Å². The Kier molecular flexibility index (Phi) is 3.58. The summed E-state index contributed by atoms with van der Waals surface area (Å²) in [5, 5.41) is 0.744. The zero-order valence-corrected chi connectivity index (χ0v) is 8.80. The van der Waals surface area contributed by atoms with Crippen molar-refractivity contribution < 1.29 is 0 Å². The van der Waals surface area contributed by atoms with Crippen LogP contribution in [-0.4, -0.2) is 13.6 Å². The van der Waals surface area contributed by atoms with Crippen molar-refractivity contribution in [2.24, 2.45) is 5.73 Å². The summed E-state index contributed by atoms with van der Waals surface area (Å²) in [5.41, 5.74) is 7.88. The Hall–Kier alpha value is -0.730. The Morgan fingerprint density at radius 1 is 1.46 bits per heavy atom. The highest BCUT2D eigenvalue weighted by Crippen LogP contribution is 2.22. The minimum atomic E-state index is 0.528. The minimum absolute atomic E-state index is 0.528. The SMILES string of the molecule is CCN(C)c1ccc(Cl)cc1CN. The van der Waals surface area contributed by atoms with Crippen LogP contribution in [0.15, 0.2) is 18.2 Å². The lowest BCUT2D eigenvalue weighted by molar-refractivity contribution is 0.941. The summed E-state index contributed by atoms with van der Waals surface area (Å²) in [6, 6.07) is 5.82. The van der Waals surface area contributed by atoms with E-state index in [4.69, 9.17) is 17.3 Å². The van der Waals surface area contributed by atoms with Gasteiger partial charge in [-0.2, -0.15) is 0 Å². The van der Waals surface area contributed by atoms with Gasteiger partial charge in [0.2, 0.25) is 0 Å². The first-order valence-corrected chi connectivity index (χ1v) is 4.76. The van der Waals surface area contributed by atoms with E-state index >= 15 is 0 Å². The van der Waals surface area contributed by atoms with E-state index in [0.717, 1.165) is 22.8 Å². The summed E-state index contributed by atoms with van der Waals surface area (Å²) in [5.74, 6) is 0. The van der Waals surface area contributed by atoms with E-state index in [1.165, 1.54) is 0 Å². The van der Waals surface area contributed by atoms with Crippen molar-refractivity contribution in [3.05, 3.63) is 28.8 Å². The van der Waals surface area contributed by atoms with Crippen molar-refractivity contribution in [3.63, 3.8) is 0 Å². The molecule has 1 rings (SSSR count). The predicted molar refractivity (Wildman–Crippen MR) is 58.3 cm³/mol. The molecule has 0 aromatic heterocycles. The lowest BCUT2D eigenvalue weighted by Crippen LogP contribution is -2.18. The molecule has 1 aromatic rings. The van der Waals surface area contributed by atoms with E-state index in [2.05, 4.69) is 11.8 Å². The molecule has 0 fully saturated rings. The molecular weight excluding hydrogens is 184 g/mol. The molecule has 0 spiro atoms. The van der Waals surface area contributed by atoms with Gasteiger partial charge in [0.05, 0.1) is 0 Å². The standard InChI is InChI=1S/C10H15ClN2/c1-3-13(2)10-5-4-9(11)6-8(10)7-12/h4-6H,3,7,12H2,1-2H3. The molecule has 0 amide bonds. The molecule has 2 nitrogen and oxygen atoms in total. The highest BCUT2D eigenvalue weighted by molar-refractivity contribution is 6.30. The molecule has 0 radical (unpaired) electrons. The highest BCUT2D eigenvalue weighted by Gasteiger charge is 2.04. The first-order chi connectivity index (χ1) is 6.19. The molecule has 0 saturated carbocycles. The summed E-state index contributed by atoms with van der Waals surface area (Å²) < 4.78 is 0. The van der Waals surface area contributed by atoms with Crippen molar-refractivity contribution in [1.82, 2.24) is 0 Å². The van der Waals surface area contributed by atoms with Crippen LogP contribution in [0.4, 0.5) is 5.69 Å². The third kappa shape index (κ3) is 2.36. The summed E-state index contributed by atoms with van der Waals surface area (Å²) in [6.45, 7) is 3.60. The number of rotatable bonds is 3. The molecule has 1 aromatic carbocycles. The molecular formula is C10H15ClN2. The molecule has 72 valence electrons. The van der Waals surface area contributed by atoms with Crippen LogP contribution in [0.5, 0.6) is 0 Å². The number of hydrogen-bond acceptors (Lipinski definition) is 2. The van der Waals surface area contributed by atoms with E-state index in [-0.39, 0.29) is 0 Å². The van der Waals surface area contributed by atoms with Crippen LogP contribution in [0, 0.1) is 0 Å². The van der Waals surface area contributed by atoms with Gasteiger partial charge in [-0.25, -0.2) is 0 Å². The number of halogens is 1. The third-order valence-corrected chi connectivity index (χ3v) is 2.38. The zero-order chi connectivity index (χ0) is 9.84. The van der Waals surface area contributed by atoms with Gasteiger partial charge in [-0.3, -0.25) is 0 Å². The van der Waals surface area contributed by atoms with Gasteiger partial charge in [-0.1, -0.05) is 11.6 Å². The lowest BCUT2D eigenvalue weighted by atomic mass is 10.1. The van der Waals surface area contributed by atoms with E-state index in [1.807, 2.05) is 25.2 Å². The highest BCUT2D eigenvalue weighted by atomic mass is 35.5. The molecule has 0 bridgehead atoms. The van der Waals surface area contributed by atoms with Crippen molar-refractivity contribution in [1.29, 1.82) is 0 Å². The molecule has 0 heterocycles. The van der Waals surface area contributed by atoms with Gasteiger partial charge in [0.25, 0.3) is 0 Å². The number of hydrogen-bond donors (Lipinski definition) is 1. The Bertz CT molecular complexity index is 286. The fourth-order valence-electron chi connectivity index (χ4n) is 1.26. The van der Waals surface area contributed by atoms with Gasteiger partial charge < -0.3 is 10.6 Å². The summed E-state index contributed by atoms with van der Waals surface area (Å²) in [7, 11) is 2.04. The molecule has 2 N–H and O–H groups in total. The fraction of sp³-hybridized carbons (Fsp3) is 0.400. The predicted octanol–water partition coefficient (Wildman–Crippen LogP) is 2.25. The van der Waals surface area contributed by atoms with Gasteiger partial charge in [-0.05, 0) is 30.7 Å². The average molecular weight is 199 g/mol. The average Bonchev–Trinajstić information content (AvgIpc) is 2.16. The normalized spacial score (nSPS) is 10.2. The van der Waals surface area contributed by atoms with Crippen LogP contribution in [0.1, 0.15) is 12.5 Å². The maximum Gasteiger partial charge on any atom is 0.0410 e. The van der Waals surface area contributed by atoms with Crippen molar-refractivity contribution >= 4 is 17.3 Å². The molecule has 0 aliphatic rings. The van der Waals surface area contributed by atoms with Gasteiger partial charge >= 0.3 is 0 Å². The van der Waals surface area contributed by atoms with E-state index in [9.17, 15) is 0 Å². The van der Waals surface area contributed by atoms with Crippen LogP contribution in [0.3, 0.4) is 0 Å². The van der Waals surface area contributed by atoms with Crippen LogP contribution in [0.25, 0.3) is 0 Å². The number of nitrogens with zero attached hydrogens (tertiary/aromatic N) is 1. The Morgan fingerprint density at radius 3 is 2.69 bits per heavy atom. The largest absolute Gasteiger partial charge is 0.375 e.